The molecule has 0 bridgehead atoms. The van der Waals surface area contributed by atoms with Crippen molar-refractivity contribution in [2.24, 2.45) is 5.92 Å². The molecule has 0 saturated carbocycles. The normalized spacial score (nSPS) is 20.3. The van der Waals surface area contributed by atoms with Crippen LogP contribution in [0, 0.1) is 5.92 Å². The third kappa shape index (κ3) is 2.09. The molecule has 4 N–H and O–H groups in total. The van der Waals surface area contributed by atoms with Crippen molar-refractivity contribution in [1.29, 1.82) is 0 Å². The topological polar surface area (TPSA) is 107 Å². The molecule has 0 amide bonds. The molecule has 2 atom stereocenters. The number of Topliss-reactive ketones (excluding diaryl/α,β-unsaturated/α-hetero) is 1. The Morgan fingerprint density at radius 2 is 1.68 bits per heavy atom. The Morgan fingerprint density at radius 3 is 2.36 bits per heavy atom. The zero-order valence-electron chi connectivity index (χ0n) is 11.6. The van der Waals surface area contributed by atoms with Gasteiger partial charge in [-0.25, -0.2) is 0 Å². The van der Waals surface area contributed by atoms with E-state index >= 15 is 0 Å². The minimum absolute atomic E-state index is 0.0320. The largest absolute Gasteiger partial charge is 0.508 e. The molecule has 3 rings (SSSR count). The van der Waals surface area contributed by atoms with Crippen LogP contribution < -0.4 is 4.74 Å². The average molecular weight is 302 g/mol. The molecule has 6 nitrogen and oxygen atoms in total. The molecule has 0 unspecified atom stereocenters. The maximum Gasteiger partial charge on any atom is 0.177 e. The minimum atomic E-state index is -0.701. The van der Waals surface area contributed by atoms with E-state index in [4.69, 9.17) is 4.74 Å². The van der Waals surface area contributed by atoms with Crippen LogP contribution in [0.2, 0.25) is 0 Å². The van der Waals surface area contributed by atoms with Gasteiger partial charge in [0.25, 0.3) is 0 Å². The van der Waals surface area contributed by atoms with Crippen molar-refractivity contribution in [1.82, 2.24) is 0 Å². The van der Waals surface area contributed by atoms with Gasteiger partial charge in [0, 0.05) is 12.1 Å². The van der Waals surface area contributed by atoms with Crippen molar-refractivity contribution >= 4 is 5.78 Å². The number of hydrogen-bond acceptors (Lipinski definition) is 6. The summed E-state index contributed by atoms with van der Waals surface area (Å²) in [7, 11) is 0. The van der Waals surface area contributed by atoms with Crippen LogP contribution in [0.1, 0.15) is 28.9 Å². The summed E-state index contributed by atoms with van der Waals surface area (Å²) in [6.07, 6.45) is -0.701. The smallest absolute Gasteiger partial charge is 0.177 e. The molecule has 1 aliphatic rings. The lowest BCUT2D eigenvalue weighted by molar-refractivity contribution is 0.0683. The molecular weight excluding hydrogens is 288 g/mol. The van der Waals surface area contributed by atoms with E-state index in [0.29, 0.717) is 5.56 Å². The van der Waals surface area contributed by atoms with Crippen LogP contribution in [-0.2, 0) is 0 Å². The molecule has 0 saturated heterocycles. The predicted octanol–water partition coefficient (Wildman–Crippen LogP) is 2.46. The van der Waals surface area contributed by atoms with Gasteiger partial charge < -0.3 is 25.2 Å². The van der Waals surface area contributed by atoms with Gasteiger partial charge in [-0.3, -0.25) is 4.79 Å². The van der Waals surface area contributed by atoms with Crippen LogP contribution in [0.15, 0.2) is 30.3 Å². The first kappa shape index (κ1) is 14.1. The number of benzene rings is 2. The minimum Gasteiger partial charge on any atom is -0.508 e. The van der Waals surface area contributed by atoms with Gasteiger partial charge in [0.05, 0.1) is 5.92 Å². The Balaban J connectivity index is 2.08. The number of ketones is 1. The zero-order chi connectivity index (χ0) is 16.0. The fourth-order valence-electron chi connectivity index (χ4n) is 2.61. The van der Waals surface area contributed by atoms with Gasteiger partial charge >= 0.3 is 0 Å². The van der Waals surface area contributed by atoms with Gasteiger partial charge in [-0.05, 0) is 17.7 Å². The highest BCUT2D eigenvalue weighted by atomic mass is 16.5. The Bertz CT molecular complexity index is 767. The quantitative estimate of drug-likeness (QED) is 0.603. The van der Waals surface area contributed by atoms with E-state index in [9.17, 15) is 25.2 Å². The number of carbonyl (C=O) groups is 1. The molecule has 2 aromatic carbocycles. The SMILES string of the molecule is C[C@H]1C(=O)c2c(O)cc(O)cc2O[C@@H]1c1ccc(O)c(O)c1. The molecule has 2 aromatic rings. The molecule has 6 heteroatoms. The molecule has 0 fully saturated rings. The highest BCUT2D eigenvalue weighted by molar-refractivity contribution is 6.04. The van der Waals surface area contributed by atoms with E-state index in [2.05, 4.69) is 0 Å². The Morgan fingerprint density at radius 1 is 0.955 bits per heavy atom. The van der Waals surface area contributed by atoms with Gasteiger partial charge in [-0.1, -0.05) is 13.0 Å². The summed E-state index contributed by atoms with van der Waals surface area (Å²) in [5.74, 6) is -1.98. The van der Waals surface area contributed by atoms with Gasteiger partial charge in [-0.15, -0.1) is 0 Å². The summed E-state index contributed by atoms with van der Waals surface area (Å²) >= 11 is 0. The fraction of sp³-hybridized carbons (Fsp3) is 0.188. The van der Waals surface area contributed by atoms with E-state index in [1.165, 1.54) is 24.3 Å². The number of ether oxygens (including phenoxy) is 1. The number of aromatic hydroxyl groups is 4. The van der Waals surface area contributed by atoms with Gasteiger partial charge in [0.2, 0.25) is 0 Å². The third-order valence-corrected chi connectivity index (χ3v) is 3.76. The summed E-state index contributed by atoms with van der Waals surface area (Å²) in [5, 5.41) is 38.3. The van der Waals surface area contributed by atoms with Crippen LogP contribution in [0.25, 0.3) is 0 Å². The van der Waals surface area contributed by atoms with E-state index < -0.39 is 12.0 Å². The lowest BCUT2D eigenvalue weighted by atomic mass is 9.86. The van der Waals surface area contributed by atoms with Crippen molar-refractivity contribution in [3.8, 4) is 28.7 Å². The summed E-state index contributed by atoms with van der Waals surface area (Å²) < 4.78 is 5.72. The van der Waals surface area contributed by atoms with Gasteiger partial charge in [0.15, 0.2) is 17.3 Å². The highest BCUT2D eigenvalue weighted by Crippen LogP contribution is 2.44. The third-order valence-electron chi connectivity index (χ3n) is 3.76. The molecule has 1 aliphatic heterocycles. The van der Waals surface area contributed by atoms with Gasteiger partial charge in [0.1, 0.15) is 28.9 Å². The molecule has 114 valence electrons. The Hall–Kier alpha value is -2.89. The zero-order valence-corrected chi connectivity index (χ0v) is 11.6. The Kier molecular flexibility index (Phi) is 3.09. The fourth-order valence-corrected chi connectivity index (χ4v) is 2.61. The van der Waals surface area contributed by atoms with Crippen molar-refractivity contribution in [2.75, 3.05) is 0 Å². The molecular formula is C16H14O6. The average Bonchev–Trinajstić information content (AvgIpc) is 2.45. The van der Waals surface area contributed by atoms with Gasteiger partial charge in [-0.2, -0.15) is 0 Å². The lowest BCUT2D eigenvalue weighted by Crippen LogP contribution is -2.29. The summed E-state index contributed by atoms with van der Waals surface area (Å²) in [4.78, 5) is 12.5. The van der Waals surface area contributed by atoms with Crippen LogP contribution in [0.5, 0.6) is 28.7 Å². The molecule has 0 radical (unpaired) electrons. The molecule has 0 aliphatic carbocycles. The maximum atomic E-state index is 12.5. The number of carbonyl (C=O) groups excluding carboxylic acids is 1. The predicted molar refractivity (Wildman–Crippen MR) is 76.4 cm³/mol. The molecule has 0 spiro atoms. The van der Waals surface area contributed by atoms with Crippen molar-refractivity contribution in [3.05, 3.63) is 41.5 Å². The number of fused-ring (bicyclic) bond motifs is 1. The van der Waals surface area contributed by atoms with Crippen molar-refractivity contribution < 1.29 is 30.0 Å². The van der Waals surface area contributed by atoms with E-state index in [0.717, 1.165) is 6.07 Å². The number of phenols is 4. The number of phenolic OH excluding ortho intramolecular Hbond substituents is 4. The second-order valence-electron chi connectivity index (χ2n) is 5.28. The first-order chi connectivity index (χ1) is 10.4. The summed E-state index contributed by atoms with van der Waals surface area (Å²) in [5.41, 5.74) is 0.536. The van der Waals surface area contributed by atoms with Crippen LogP contribution in [-0.4, -0.2) is 26.2 Å². The van der Waals surface area contributed by atoms with Crippen molar-refractivity contribution in [3.63, 3.8) is 0 Å². The maximum absolute atomic E-state index is 12.5. The summed E-state index contributed by atoms with van der Waals surface area (Å²) in [6.45, 7) is 1.64. The van der Waals surface area contributed by atoms with Crippen molar-refractivity contribution in [2.45, 2.75) is 13.0 Å². The molecule has 22 heavy (non-hydrogen) atoms. The van der Waals surface area contributed by atoms with E-state index in [1.807, 2.05) is 0 Å². The summed E-state index contributed by atoms with van der Waals surface area (Å²) in [6, 6.07) is 6.50. The monoisotopic (exact) mass is 302 g/mol. The van der Waals surface area contributed by atoms with E-state index in [-0.39, 0.29) is 40.1 Å². The second-order valence-corrected chi connectivity index (χ2v) is 5.28. The van der Waals surface area contributed by atoms with Crippen LogP contribution in [0.4, 0.5) is 0 Å². The standard InChI is InChI=1S/C16H14O6/c1-7-15(21)14-12(20)5-9(17)6-13(14)22-16(7)8-2-3-10(18)11(19)4-8/h2-7,16-20H,1H3/t7-,16-/m0/s1. The number of rotatable bonds is 1. The van der Waals surface area contributed by atoms with Crippen LogP contribution >= 0.6 is 0 Å². The van der Waals surface area contributed by atoms with Crippen LogP contribution in [0.3, 0.4) is 0 Å². The molecule has 1 heterocycles. The first-order valence-corrected chi connectivity index (χ1v) is 6.67. The highest BCUT2D eigenvalue weighted by Gasteiger charge is 2.37. The van der Waals surface area contributed by atoms with E-state index in [1.54, 1.807) is 6.92 Å². The second kappa shape index (κ2) is 4.84. The Labute approximate surface area is 125 Å². The lowest BCUT2D eigenvalue weighted by Gasteiger charge is -2.31. The molecule has 0 aromatic heterocycles. The first-order valence-electron chi connectivity index (χ1n) is 6.67. The number of hydrogen-bond donors (Lipinski definition) is 4.